The van der Waals surface area contributed by atoms with Gasteiger partial charge >= 0.3 is 0 Å². The van der Waals surface area contributed by atoms with Gasteiger partial charge in [-0.25, -0.2) is 0 Å². The van der Waals surface area contributed by atoms with Gasteiger partial charge < -0.3 is 0 Å². The molecule has 0 saturated carbocycles. The topological polar surface area (TPSA) is 45.8 Å². The van der Waals surface area contributed by atoms with Crippen molar-refractivity contribution in [2.24, 2.45) is 0 Å². The number of Topliss-reactive ketones (excluding diaryl/α,β-unsaturated/α-hetero) is 1. The lowest BCUT2D eigenvalue weighted by Crippen LogP contribution is -2.03. The predicted octanol–water partition coefficient (Wildman–Crippen LogP) is 2.48. The van der Waals surface area contributed by atoms with E-state index in [2.05, 4.69) is 16.3 Å². The number of nitrogens with zero attached hydrogens (tertiary/aromatic N) is 1. The van der Waals surface area contributed by atoms with Gasteiger partial charge in [0.15, 0.2) is 0 Å². The Bertz CT molecular complexity index is 338. The Balaban J connectivity index is 2.14. The maximum atomic E-state index is 11.9. The van der Waals surface area contributed by atoms with Crippen molar-refractivity contribution in [1.82, 2.24) is 10.2 Å². The van der Waals surface area contributed by atoms with Crippen molar-refractivity contribution in [3.63, 3.8) is 0 Å². The van der Waals surface area contributed by atoms with Crippen molar-refractivity contribution >= 4 is 5.78 Å². The third-order valence-corrected chi connectivity index (χ3v) is 2.58. The first-order valence-electron chi connectivity index (χ1n) is 5.11. The predicted molar refractivity (Wildman–Crippen MR) is 54.1 cm³/mol. The average Bonchev–Trinajstić information content (AvgIpc) is 2.59. The zero-order valence-electron chi connectivity index (χ0n) is 8.12. The van der Waals surface area contributed by atoms with Gasteiger partial charge in [-0.1, -0.05) is 12.5 Å². The highest BCUT2D eigenvalue weighted by Crippen LogP contribution is 2.19. The molecule has 0 unspecified atom stereocenters. The molecule has 0 amide bonds. The van der Waals surface area contributed by atoms with Gasteiger partial charge in [0.05, 0.1) is 0 Å². The molecule has 0 aromatic carbocycles. The van der Waals surface area contributed by atoms with Gasteiger partial charge in [0.1, 0.15) is 5.69 Å². The number of H-pyrrole nitrogens is 1. The molecule has 14 heavy (non-hydrogen) atoms. The molecule has 0 spiro atoms. The Morgan fingerprint density at radius 3 is 3.07 bits per heavy atom. The third kappa shape index (κ3) is 1.92. The lowest BCUT2D eigenvalue weighted by molar-refractivity contribution is 0.102. The van der Waals surface area contributed by atoms with Crippen molar-refractivity contribution in [3.05, 3.63) is 29.6 Å². The molecule has 1 aromatic heterocycles. The minimum atomic E-state index is 0.115. The molecule has 1 aromatic rings. The van der Waals surface area contributed by atoms with E-state index < -0.39 is 0 Å². The third-order valence-electron chi connectivity index (χ3n) is 2.58. The Kier molecular flexibility index (Phi) is 2.77. The summed E-state index contributed by atoms with van der Waals surface area (Å²) in [5, 5.41) is 6.50. The van der Waals surface area contributed by atoms with Crippen LogP contribution in [0.2, 0.25) is 0 Å². The largest absolute Gasteiger partial charge is 0.287 e. The molecule has 0 saturated heterocycles. The zero-order valence-corrected chi connectivity index (χ0v) is 8.12. The van der Waals surface area contributed by atoms with Crippen LogP contribution in [0.3, 0.4) is 0 Å². The van der Waals surface area contributed by atoms with E-state index in [0.717, 1.165) is 24.8 Å². The molecule has 74 valence electrons. The maximum absolute atomic E-state index is 11.9. The standard InChI is InChI=1S/C11H14N2O/c14-11(10-7-8-12-13-10)9-5-3-1-2-4-6-9/h5,7-8H,1-4,6H2,(H,12,13). The summed E-state index contributed by atoms with van der Waals surface area (Å²) in [6, 6.07) is 1.73. The Morgan fingerprint density at radius 1 is 1.36 bits per heavy atom. The summed E-state index contributed by atoms with van der Waals surface area (Å²) in [4.78, 5) is 11.9. The summed E-state index contributed by atoms with van der Waals surface area (Å²) >= 11 is 0. The van der Waals surface area contributed by atoms with E-state index in [9.17, 15) is 4.79 Å². The number of aromatic nitrogens is 2. The molecule has 0 atom stereocenters. The number of nitrogens with one attached hydrogen (secondary N) is 1. The SMILES string of the molecule is O=C(C1=CCCCCC1)c1ccn[nH]1. The van der Waals surface area contributed by atoms with Gasteiger partial charge in [-0.05, 0) is 37.3 Å². The van der Waals surface area contributed by atoms with Gasteiger partial charge in [0.2, 0.25) is 5.78 Å². The number of allylic oxidation sites excluding steroid dienone is 2. The van der Waals surface area contributed by atoms with Crippen LogP contribution in [0.5, 0.6) is 0 Å². The smallest absolute Gasteiger partial charge is 0.206 e. The number of aromatic amines is 1. The minimum absolute atomic E-state index is 0.115. The van der Waals surface area contributed by atoms with Crippen LogP contribution in [-0.2, 0) is 0 Å². The van der Waals surface area contributed by atoms with E-state index in [0.29, 0.717) is 5.69 Å². The molecule has 0 bridgehead atoms. The molecular formula is C11H14N2O. The minimum Gasteiger partial charge on any atom is -0.287 e. The van der Waals surface area contributed by atoms with Gasteiger partial charge in [-0.3, -0.25) is 9.89 Å². The van der Waals surface area contributed by atoms with Crippen LogP contribution < -0.4 is 0 Å². The van der Waals surface area contributed by atoms with E-state index in [-0.39, 0.29) is 5.78 Å². The second-order valence-corrected chi connectivity index (χ2v) is 3.63. The molecule has 0 radical (unpaired) electrons. The molecular weight excluding hydrogens is 176 g/mol. The first-order valence-corrected chi connectivity index (χ1v) is 5.11. The van der Waals surface area contributed by atoms with Crippen LogP contribution in [0.15, 0.2) is 23.9 Å². The quantitative estimate of drug-likeness (QED) is 0.728. The second-order valence-electron chi connectivity index (χ2n) is 3.63. The van der Waals surface area contributed by atoms with Crippen molar-refractivity contribution < 1.29 is 4.79 Å². The fraction of sp³-hybridized carbons (Fsp3) is 0.455. The lowest BCUT2D eigenvalue weighted by Gasteiger charge is -2.01. The van der Waals surface area contributed by atoms with Crippen LogP contribution in [0.1, 0.15) is 42.6 Å². The molecule has 1 aliphatic rings. The lowest BCUT2D eigenvalue weighted by atomic mass is 10.0. The summed E-state index contributed by atoms with van der Waals surface area (Å²) in [6.07, 6.45) is 9.22. The first kappa shape index (κ1) is 9.19. The summed E-state index contributed by atoms with van der Waals surface area (Å²) < 4.78 is 0. The van der Waals surface area contributed by atoms with E-state index in [1.165, 1.54) is 12.8 Å². The van der Waals surface area contributed by atoms with Crippen molar-refractivity contribution in [3.8, 4) is 0 Å². The van der Waals surface area contributed by atoms with E-state index in [1.807, 2.05) is 0 Å². The zero-order chi connectivity index (χ0) is 9.80. The highest BCUT2D eigenvalue weighted by atomic mass is 16.1. The van der Waals surface area contributed by atoms with Crippen LogP contribution in [0.25, 0.3) is 0 Å². The van der Waals surface area contributed by atoms with Crippen LogP contribution in [0.4, 0.5) is 0 Å². The van der Waals surface area contributed by atoms with Crippen molar-refractivity contribution in [1.29, 1.82) is 0 Å². The molecule has 1 aliphatic carbocycles. The van der Waals surface area contributed by atoms with Gasteiger partial charge in [0.25, 0.3) is 0 Å². The summed E-state index contributed by atoms with van der Waals surface area (Å²) in [7, 11) is 0. The van der Waals surface area contributed by atoms with Gasteiger partial charge in [0, 0.05) is 6.20 Å². The Labute approximate surface area is 83.2 Å². The molecule has 0 fully saturated rings. The average molecular weight is 190 g/mol. The number of carbonyl (C=O) groups excluding carboxylic acids is 1. The van der Waals surface area contributed by atoms with Crippen LogP contribution in [-0.4, -0.2) is 16.0 Å². The number of hydrogen-bond acceptors (Lipinski definition) is 2. The Hall–Kier alpha value is -1.38. The summed E-state index contributed by atoms with van der Waals surface area (Å²) in [5.41, 5.74) is 1.56. The fourth-order valence-corrected chi connectivity index (χ4v) is 1.78. The molecule has 2 rings (SSSR count). The highest BCUT2D eigenvalue weighted by Gasteiger charge is 2.14. The summed E-state index contributed by atoms with van der Waals surface area (Å²) in [6.45, 7) is 0. The number of ketones is 1. The maximum Gasteiger partial charge on any atom is 0.206 e. The van der Waals surface area contributed by atoms with Crippen LogP contribution in [0, 0.1) is 0 Å². The first-order chi connectivity index (χ1) is 6.88. The van der Waals surface area contributed by atoms with Crippen LogP contribution >= 0.6 is 0 Å². The fourth-order valence-electron chi connectivity index (χ4n) is 1.78. The number of hydrogen-bond donors (Lipinski definition) is 1. The molecule has 3 heteroatoms. The second kappa shape index (κ2) is 4.22. The normalized spacial score (nSPS) is 17.3. The van der Waals surface area contributed by atoms with Crippen molar-refractivity contribution in [2.45, 2.75) is 32.1 Å². The molecule has 3 nitrogen and oxygen atoms in total. The highest BCUT2D eigenvalue weighted by molar-refractivity contribution is 6.07. The van der Waals surface area contributed by atoms with Gasteiger partial charge in [-0.2, -0.15) is 5.10 Å². The Morgan fingerprint density at radius 2 is 2.29 bits per heavy atom. The van der Waals surface area contributed by atoms with E-state index in [4.69, 9.17) is 0 Å². The van der Waals surface area contributed by atoms with E-state index >= 15 is 0 Å². The van der Waals surface area contributed by atoms with Crippen molar-refractivity contribution in [2.75, 3.05) is 0 Å². The monoisotopic (exact) mass is 190 g/mol. The number of carbonyl (C=O) groups is 1. The number of rotatable bonds is 2. The van der Waals surface area contributed by atoms with Gasteiger partial charge in [-0.15, -0.1) is 0 Å². The molecule has 0 aliphatic heterocycles. The van der Waals surface area contributed by atoms with E-state index in [1.54, 1.807) is 12.3 Å². The summed E-state index contributed by atoms with van der Waals surface area (Å²) in [5.74, 6) is 0.115. The molecule has 1 heterocycles. The molecule has 1 N–H and O–H groups in total.